The second kappa shape index (κ2) is 29.9. The first kappa shape index (κ1) is 75.4. The van der Waals surface area contributed by atoms with E-state index >= 15 is 0 Å². The van der Waals surface area contributed by atoms with Gasteiger partial charge in [-0.05, 0) is 239 Å². The van der Waals surface area contributed by atoms with Crippen molar-refractivity contribution in [1.82, 2.24) is 19.9 Å². The van der Waals surface area contributed by atoms with Gasteiger partial charge in [0.25, 0.3) is 0 Å². The Morgan fingerprint density at radius 3 is 0.909 bits per heavy atom. The van der Waals surface area contributed by atoms with Crippen LogP contribution in [0.5, 0.6) is 0 Å². The molecule has 4 aliphatic heterocycles. The minimum absolute atomic E-state index is 0.0391. The summed E-state index contributed by atoms with van der Waals surface area (Å²) in [6.07, 6.45) is 7.77. The van der Waals surface area contributed by atoms with Crippen LogP contribution in [0.25, 0.3) is 87.8 Å². The van der Waals surface area contributed by atoms with Crippen LogP contribution in [0.2, 0.25) is 0 Å². The van der Waals surface area contributed by atoms with Gasteiger partial charge in [0, 0.05) is 91.0 Å². The van der Waals surface area contributed by atoms with Crippen LogP contribution in [0.4, 0.5) is 85.8 Å². The molecule has 11 aromatic carbocycles. The van der Waals surface area contributed by atoms with E-state index in [2.05, 4.69) is 318 Å². The maximum atomic E-state index is 6.44. The highest BCUT2D eigenvalue weighted by molar-refractivity contribution is 6.15. The quantitative estimate of drug-likeness (QED) is 0.143. The Morgan fingerprint density at radius 1 is 0.248 bits per heavy atom. The lowest BCUT2D eigenvalue weighted by Gasteiger charge is -2.33. The molecule has 0 radical (unpaired) electrons. The average molecular weight is 1590 g/mol. The van der Waals surface area contributed by atoms with Gasteiger partial charge in [-0.15, -0.1) is 0 Å². The van der Waals surface area contributed by atoms with E-state index in [0.29, 0.717) is 6.04 Å². The highest BCUT2D eigenvalue weighted by Gasteiger charge is 2.44. The smallest absolute Gasteiger partial charge is 0.159 e. The molecule has 0 unspecified atom stereocenters. The second-order valence-electron chi connectivity index (χ2n) is 32.7. The van der Waals surface area contributed by atoms with Gasteiger partial charge in [-0.3, -0.25) is 14.7 Å². The van der Waals surface area contributed by atoms with E-state index in [1.54, 1.807) is 0 Å². The molecular weight excluding hydrogens is 1490 g/mol. The van der Waals surface area contributed by atoms with Gasteiger partial charge in [-0.1, -0.05) is 164 Å². The summed E-state index contributed by atoms with van der Waals surface area (Å²) >= 11 is 0. The minimum Gasteiger partial charge on any atom is -0.454 e. The monoisotopic (exact) mass is 1590 g/mol. The number of fused-ring (bicyclic) bond motifs is 16. The van der Waals surface area contributed by atoms with Crippen LogP contribution < -0.4 is 39.2 Å². The lowest BCUT2D eigenvalue weighted by molar-refractivity contribution is 0.602. The fourth-order valence-electron chi connectivity index (χ4n) is 19.5. The molecular formula is C105H94N12O4. The van der Waals surface area contributed by atoms with Gasteiger partial charge in [-0.25, -0.2) is 19.9 Å². The number of anilines is 15. The highest BCUT2D eigenvalue weighted by Crippen LogP contribution is 2.56. The Bertz CT molecular complexity index is 7220. The number of aromatic nitrogens is 4. The number of benzene rings is 11. The summed E-state index contributed by atoms with van der Waals surface area (Å²) < 4.78 is 25.6. The molecule has 0 fully saturated rings. The van der Waals surface area contributed by atoms with Crippen molar-refractivity contribution in [3.63, 3.8) is 0 Å². The highest BCUT2D eigenvalue weighted by atomic mass is 16.3. The number of hydrogen-bond donors (Lipinski definition) is 0. The summed E-state index contributed by atoms with van der Waals surface area (Å²) in [4.78, 5) is 38.1. The third-order valence-electron chi connectivity index (χ3n) is 24.7. The van der Waals surface area contributed by atoms with Gasteiger partial charge in [0.05, 0.1) is 45.5 Å². The van der Waals surface area contributed by atoms with Crippen molar-refractivity contribution in [3.8, 4) is 0 Å². The van der Waals surface area contributed by atoms with Crippen molar-refractivity contribution in [3.05, 3.63) is 330 Å². The van der Waals surface area contributed by atoms with E-state index in [0.717, 1.165) is 157 Å². The number of hydrogen-bond acceptors (Lipinski definition) is 16. The number of nitrogens with zero attached hydrogens (tertiary/aromatic N) is 12. The van der Waals surface area contributed by atoms with E-state index in [1.807, 2.05) is 104 Å². The number of rotatable bonds is 8. The van der Waals surface area contributed by atoms with Crippen molar-refractivity contribution in [1.29, 1.82) is 0 Å². The number of aryl methyl sites for hydroxylation is 8. The summed E-state index contributed by atoms with van der Waals surface area (Å²) in [5.41, 5.74) is 29.5. The number of furan rings is 4. The molecule has 16 nitrogen and oxygen atoms in total. The molecule has 0 saturated carbocycles. The summed E-state index contributed by atoms with van der Waals surface area (Å²) in [5, 5.41) is 9.14. The molecule has 8 aromatic heterocycles. The predicted octanol–water partition coefficient (Wildman–Crippen LogP) is 28.0. The Balaban J connectivity index is 0.000000103. The summed E-state index contributed by atoms with van der Waals surface area (Å²) in [5.74, 6) is 3.86. The van der Waals surface area contributed by atoms with E-state index in [9.17, 15) is 0 Å². The molecule has 0 N–H and O–H groups in total. The molecule has 121 heavy (non-hydrogen) atoms. The maximum absolute atomic E-state index is 6.44. The van der Waals surface area contributed by atoms with E-state index in [-0.39, 0.29) is 24.7 Å². The largest absolute Gasteiger partial charge is 0.454 e. The lowest BCUT2D eigenvalue weighted by atomic mass is 10.1. The topological polar surface area (TPSA) is 130 Å². The van der Waals surface area contributed by atoms with Crippen molar-refractivity contribution in [2.24, 2.45) is 0 Å². The van der Waals surface area contributed by atoms with Crippen molar-refractivity contribution < 1.29 is 17.7 Å². The van der Waals surface area contributed by atoms with Crippen LogP contribution in [0.1, 0.15) is 86.1 Å². The molecule has 4 atom stereocenters. The van der Waals surface area contributed by atoms with Crippen LogP contribution in [-0.4, -0.2) is 50.6 Å². The van der Waals surface area contributed by atoms with Crippen LogP contribution >= 0.6 is 0 Å². The fraction of sp³-hybridized carbons (Fsp3) is 0.181. The Labute approximate surface area is 704 Å². The summed E-state index contributed by atoms with van der Waals surface area (Å²) in [6, 6.07) is 91.1. The molecule has 12 heterocycles. The third-order valence-corrected chi connectivity index (χ3v) is 24.7. The van der Waals surface area contributed by atoms with Crippen LogP contribution in [-0.2, 0) is 0 Å². The van der Waals surface area contributed by atoms with Crippen LogP contribution in [0.3, 0.4) is 0 Å². The Hall–Kier alpha value is -14.4. The first-order valence-electron chi connectivity index (χ1n) is 41.9. The standard InChI is InChI=1S/2C28H25N3O.C26H21N3O.C23H23N3O/c1-17-9-7-10-18(2)25(17)30-20(4)31(28-23(30)12-8-16-29-28)26-19(3)14-15-22-21-11-5-6-13-24(21)32-27(22)26;1-17-14-18(2)16-21(15-17)30-20(4)31(28-24(30)9-7-13-29-28)26-19(3)11-12-23-22-8-5-6-10-25(22)32-27(23)26;1-17-14-15-21-20-11-6-7-13-23(20)30-25(21)24(17)29-18(2)28(19-9-4-3-5-10-19)22-12-8-16-27-26(22)29;1-14(2)25-16(4)26(23-19(25)9-7-13-24-23)21-15(3)11-12-18-17-8-5-6-10-20(17)27-22(18)21/h2*5-16,20H,1-4H3;3-16,18H,1-2H3;5-14,16H,1-4H3/t2*20-;18-;16-/m1111/s1. The summed E-state index contributed by atoms with van der Waals surface area (Å²) in [7, 11) is 0. The zero-order chi connectivity index (χ0) is 82.9. The number of para-hydroxylation sites is 6. The molecule has 0 amide bonds. The molecule has 598 valence electrons. The molecule has 4 aliphatic rings. The van der Waals surface area contributed by atoms with Crippen molar-refractivity contribution in [2.75, 3.05) is 39.2 Å². The second-order valence-corrected chi connectivity index (χ2v) is 32.7. The van der Waals surface area contributed by atoms with Gasteiger partial charge in [0.2, 0.25) is 0 Å². The maximum Gasteiger partial charge on any atom is 0.159 e. The predicted molar refractivity (Wildman–Crippen MR) is 499 cm³/mol. The first-order valence-corrected chi connectivity index (χ1v) is 41.9. The normalized spacial score (nSPS) is 16.0. The zero-order valence-corrected chi connectivity index (χ0v) is 70.5. The molecule has 16 heteroatoms. The molecule has 0 bridgehead atoms. The molecule has 0 saturated heterocycles. The zero-order valence-electron chi connectivity index (χ0n) is 70.5. The Morgan fingerprint density at radius 2 is 0.545 bits per heavy atom. The fourth-order valence-corrected chi connectivity index (χ4v) is 19.5. The summed E-state index contributed by atoms with van der Waals surface area (Å²) in [6.45, 7) is 30.6. The minimum atomic E-state index is 0.0391. The van der Waals surface area contributed by atoms with Gasteiger partial charge >= 0.3 is 0 Å². The van der Waals surface area contributed by atoms with Crippen LogP contribution in [0, 0.1) is 55.4 Å². The van der Waals surface area contributed by atoms with Crippen LogP contribution in [0.15, 0.2) is 303 Å². The molecule has 23 rings (SSSR count). The Kier molecular flexibility index (Phi) is 18.6. The number of pyridine rings is 4. The van der Waals surface area contributed by atoms with E-state index in [4.69, 9.17) is 37.6 Å². The first-order chi connectivity index (χ1) is 58.9. The van der Waals surface area contributed by atoms with Gasteiger partial charge in [0.1, 0.15) is 47.0 Å². The van der Waals surface area contributed by atoms with Gasteiger partial charge in [0.15, 0.2) is 45.6 Å². The SMILES string of the molecule is Cc1cc(C)cc(N2c3cccnc3N(c3c(C)ccc4c3oc3ccccc34)[C@@H]2C)c1.Cc1ccc2c(oc3ccccc32)c1N1c2ncccc2N(C(C)C)[C@H]1C.Cc1ccc2c(oc3ccccc32)c1N1c2ncccc2N(c2ccccc2)[C@H]1C.Cc1cccc(C)c1N1c2cccnc2N(c2c(C)ccc3c2oc2ccccc23)[C@@H]1C. The third kappa shape index (κ3) is 12.3. The van der Waals surface area contributed by atoms with E-state index < -0.39 is 0 Å². The van der Waals surface area contributed by atoms with Crippen molar-refractivity contribution in [2.45, 2.75) is 128 Å². The van der Waals surface area contributed by atoms with E-state index in [1.165, 1.54) is 61.6 Å². The molecule has 0 aliphatic carbocycles. The van der Waals surface area contributed by atoms with Gasteiger partial charge in [-0.2, -0.15) is 0 Å². The van der Waals surface area contributed by atoms with Gasteiger partial charge < -0.3 is 42.2 Å². The molecule has 19 aromatic rings. The lowest BCUT2D eigenvalue weighted by Crippen LogP contribution is -2.42. The molecule has 0 spiro atoms. The van der Waals surface area contributed by atoms with Crippen molar-refractivity contribution >= 4 is 174 Å². The average Bonchev–Trinajstić information content (AvgIpc) is 1.58.